The summed E-state index contributed by atoms with van der Waals surface area (Å²) in [6.45, 7) is 3.05. The van der Waals surface area contributed by atoms with Gasteiger partial charge in [0.05, 0.1) is 22.7 Å². The fourth-order valence-corrected chi connectivity index (χ4v) is 4.27. The molecule has 2 aromatic carbocycles. The molecular formula is C21H22Cl3NO3. The predicted molar refractivity (Wildman–Crippen MR) is 113 cm³/mol. The molecule has 1 heterocycles. The van der Waals surface area contributed by atoms with E-state index in [2.05, 4.69) is 0 Å². The minimum Gasteiger partial charge on any atom is -0.494 e. The Labute approximate surface area is 180 Å². The molecule has 1 saturated heterocycles. The summed E-state index contributed by atoms with van der Waals surface area (Å²) in [5, 5.41) is 11.3. The number of hydrogen-bond donors (Lipinski definition) is 1. The minimum absolute atomic E-state index is 0.364. The molecule has 1 aliphatic heterocycles. The van der Waals surface area contributed by atoms with Crippen LogP contribution in [-0.4, -0.2) is 35.2 Å². The van der Waals surface area contributed by atoms with Crippen LogP contribution >= 0.6 is 34.8 Å². The number of hydrogen-bond acceptors (Lipinski definition) is 3. The fourth-order valence-electron chi connectivity index (χ4n) is 3.78. The van der Waals surface area contributed by atoms with Gasteiger partial charge in [-0.25, -0.2) is 0 Å². The highest BCUT2D eigenvalue weighted by molar-refractivity contribution is 6.42. The molecule has 150 valence electrons. The van der Waals surface area contributed by atoms with Gasteiger partial charge >= 0.3 is 5.97 Å². The SMILES string of the molecule is CCOc1ccc(Cl)cc1C(c1ccc(Cl)c(Cl)c1)N1CCCCC1C(=O)O. The third kappa shape index (κ3) is 4.57. The first-order valence-corrected chi connectivity index (χ1v) is 10.4. The lowest BCUT2D eigenvalue weighted by atomic mass is 9.91. The molecule has 7 heteroatoms. The summed E-state index contributed by atoms with van der Waals surface area (Å²) in [6.07, 6.45) is 2.40. The second-order valence-electron chi connectivity index (χ2n) is 6.78. The van der Waals surface area contributed by atoms with Gasteiger partial charge in [-0.3, -0.25) is 9.69 Å². The molecule has 0 amide bonds. The molecule has 2 atom stereocenters. The Hall–Kier alpha value is -1.46. The number of halogens is 3. The number of carboxylic acids is 1. The van der Waals surface area contributed by atoms with Crippen LogP contribution in [0.2, 0.25) is 15.1 Å². The summed E-state index contributed by atoms with van der Waals surface area (Å²) in [4.78, 5) is 14.0. The molecule has 0 saturated carbocycles. The maximum absolute atomic E-state index is 12.0. The van der Waals surface area contributed by atoms with Gasteiger partial charge in [0.25, 0.3) is 0 Å². The molecule has 0 aliphatic carbocycles. The second-order valence-corrected chi connectivity index (χ2v) is 8.03. The second kappa shape index (κ2) is 9.36. The molecule has 2 unspecified atom stereocenters. The van der Waals surface area contributed by atoms with E-state index in [1.165, 1.54) is 0 Å². The Morgan fingerprint density at radius 2 is 1.96 bits per heavy atom. The zero-order valence-corrected chi connectivity index (χ0v) is 17.8. The Morgan fingerprint density at radius 1 is 1.18 bits per heavy atom. The topological polar surface area (TPSA) is 49.8 Å². The van der Waals surface area contributed by atoms with Crippen molar-refractivity contribution in [1.29, 1.82) is 0 Å². The van der Waals surface area contributed by atoms with Crippen LogP contribution < -0.4 is 4.74 Å². The molecule has 1 N–H and O–H groups in total. The standard InChI is InChI=1S/C21H22Cl3NO3/c1-2-28-19-9-7-14(22)12-15(19)20(13-6-8-16(23)17(24)11-13)25-10-4-3-5-18(25)21(26)27/h6-9,11-12,18,20H,2-5,10H2,1H3,(H,26,27). The molecule has 4 nitrogen and oxygen atoms in total. The number of nitrogens with zero attached hydrogens (tertiary/aromatic N) is 1. The zero-order chi connectivity index (χ0) is 20.3. The van der Waals surface area contributed by atoms with Gasteiger partial charge < -0.3 is 9.84 Å². The van der Waals surface area contributed by atoms with Gasteiger partial charge in [-0.05, 0) is 62.2 Å². The fraction of sp³-hybridized carbons (Fsp3) is 0.381. The Morgan fingerprint density at radius 3 is 2.64 bits per heavy atom. The van der Waals surface area contributed by atoms with E-state index >= 15 is 0 Å². The normalized spacial score (nSPS) is 18.6. The zero-order valence-electron chi connectivity index (χ0n) is 15.5. The Kier molecular flexibility index (Phi) is 7.10. The highest BCUT2D eigenvalue weighted by Gasteiger charge is 2.36. The molecule has 0 bridgehead atoms. The molecule has 1 aliphatic rings. The smallest absolute Gasteiger partial charge is 0.320 e. The van der Waals surface area contributed by atoms with Crippen molar-refractivity contribution in [3.05, 3.63) is 62.6 Å². The van der Waals surface area contributed by atoms with Crippen molar-refractivity contribution in [2.24, 2.45) is 0 Å². The van der Waals surface area contributed by atoms with Crippen molar-refractivity contribution in [2.75, 3.05) is 13.2 Å². The van der Waals surface area contributed by atoms with Crippen molar-refractivity contribution in [1.82, 2.24) is 4.90 Å². The lowest BCUT2D eigenvalue weighted by Gasteiger charge is -2.40. The van der Waals surface area contributed by atoms with Gasteiger partial charge in [0.2, 0.25) is 0 Å². The summed E-state index contributed by atoms with van der Waals surface area (Å²) in [5.41, 5.74) is 1.67. The van der Waals surface area contributed by atoms with E-state index < -0.39 is 12.0 Å². The van der Waals surface area contributed by atoms with Crippen molar-refractivity contribution in [2.45, 2.75) is 38.3 Å². The number of carboxylic acid groups (broad SMARTS) is 1. The summed E-state index contributed by atoms with van der Waals surface area (Å²) >= 11 is 18.7. The van der Waals surface area contributed by atoms with Crippen LogP contribution in [0.25, 0.3) is 0 Å². The van der Waals surface area contributed by atoms with Gasteiger partial charge in [-0.2, -0.15) is 0 Å². The summed E-state index contributed by atoms with van der Waals surface area (Å²) < 4.78 is 5.84. The molecule has 0 radical (unpaired) electrons. The lowest BCUT2D eigenvalue weighted by Crippen LogP contribution is -2.47. The van der Waals surface area contributed by atoms with Gasteiger partial charge in [0.1, 0.15) is 11.8 Å². The number of aliphatic carboxylic acids is 1. The van der Waals surface area contributed by atoms with Gasteiger partial charge in [-0.1, -0.05) is 47.3 Å². The molecule has 28 heavy (non-hydrogen) atoms. The third-order valence-corrected chi connectivity index (χ3v) is 5.96. The van der Waals surface area contributed by atoms with Crippen LogP contribution in [0.1, 0.15) is 43.4 Å². The monoisotopic (exact) mass is 441 g/mol. The summed E-state index contributed by atoms with van der Waals surface area (Å²) in [7, 11) is 0. The van der Waals surface area contributed by atoms with Crippen molar-refractivity contribution in [3.63, 3.8) is 0 Å². The van der Waals surface area contributed by atoms with E-state index in [9.17, 15) is 9.90 Å². The first kappa shape index (κ1) is 21.3. The first-order valence-electron chi connectivity index (χ1n) is 9.28. The molecule has 3 rings (SSSR count). The van der Waals surface area contributed by atoms with Crippen molar-refractivity contribution in [3.8, 4) is 5.75 Å². The van der Waals surface area contributed by atoms with Crippen LogP contribution in [-0.2, 0) is 4.79 Å². The lowest BCUT2D eigenvalue weighted by molar-refractivity contribution is -0.145. The molecule has 0 spiro atoms. The molecule has 1 fully saturated rings. The van der Waals surface area contributed by atoms with E-state index in [1.54, 1.807) is 18.2 Å². The van der Waals surface area contributed by atoms with Crippen LogP contribution in [0.15, 0.2) is 36.4 Å². The quantitative estimate of drug-likeness (QED) is 0.589. The average Bonchev–Trinajstić information content (AvgIpc) is 2.67. The number of piperidine rings is 1. The van der Waals surface area contributed by atoms with Crippen LogP contribution in [0.4, 0.5) is 0 Å². The first-order chi connectivity index (χ1) is 13.4. The van der Waals surface area contributed by atoms with Gasteiger partial charge in [0, 0.05) is 10.6 Å². The predicted octanol–water partition coefficient (Wildman–Crippen LogP) is 6.07. The van der Waals surface area contributed by atoms with E-state index in [4.69, 9.17) is 39.5 Å². The molecule has 2 aromatic rings. The van der Waals surface area contributed by atoms with Crippen LogP contribution in [0.5, 0.6) is 5.75 Å². The number of carbonyl (C=O) groups is 1. The molecular weight excluding hydrogens is 421 g/mol. The van der Waals surface area contributed by atoms with Crippen molar-refractivity contribution >= 4 is 40.8 Å². The largest absolute Gasteiger partial charge is 0.494 e. The molecule has 0 aromatic heterocycles. The highest BCUT2D eigenvalue weighted by atomic mass is 35.5. The third-order valence-electron chi connectivity index (χ3n) is 4.99. The van der Waals surface area contributed by atoms with E-state index in [0.717, 1.165) is 24.0 Å². The maximum atomic E-state index is 12.0. The van der Waals surface area contributed by atoms with Gasteiger partial charge in [0.15, 0.2) is 0 Å². The Bertz CT molecular complexity index is 859. The Balaban J connectivity index is 2.18. The number of likely N-dealkylation sites (tertiary alicyclic amines) is 1. The van der Waals surface area contributed by atoms with E-state index in [0.29, 0.717) is 40.4 Å². The number of benzene rings is 2. The van der Waals surface area contributed by atoms with Crippen LogP contribution in [0, 0.1) is 0 Å². The number of ether oxygens (including phenoxy) is 1. The van der Waals surface area contributed by atoms with Crippen molar-refractivity contribution < 1.29 is 14.6 Å². The summed E-state index contributed by atoms with van der Waals surface area (Å²) in [5.74, 6) is -0.151. The van der Waals surface area contributed by atoms with Crippen LogP contribution in [0.3, 0.4) is 0 Å². The summed E-state index contributed by atoms with van der Waals surface area (Å²) in [6, 6.07) is 9.88. The van der Waals surface area contributed by atoms with E-state index in [1.807, 2.05) is 30.0 Å². The van der Waals surface area contributed by atoms with Gasteiger partial charge in [-0.15, -0.1) is 0 Å². The van der Waals surface area contributed by atoms with E-state index in [-0.39, 0.29) is 6.04 Å². The minimum atomic E-state index is -0.829. The average molecular weight is 443 g/mol. The highest BCUT2D eigenvalue weighted by Crippen LogP contribution is 2.41. The maximum Gasteiger partial charge on any atom is 0.320 e. The number of rotatable bonds is 6.